The van der Waals surface area contributed by atoms with E-state index in [4.69, 9.17) is 9.47 Å². The molecular weight excluding hydrogens is 340 g/mol. The van der Waals surface area contributed by atoms with Gasteiger partial charge < -0.3 is 19.8 Å². The third-order valence-electron chi connectivity index (χ3n) is 5.04. The van der Waals surface area contributed by atoms with Crippen molar-refractivity contribution in [2.45, 2.75) is 32.1 Å². The Kier molecular flexibility index (Phi) is 5.01. The average Bonchev–Trinajstić information content (AvgIpc) is 3.33. The summed E-state index contributed by atoms with van der Waals surface area (Å²) < 4.78 is 11.3. The largest absolute Gasteiger partial charge is 0.454 e. The van der Waals surface area contributed by atoms with Gasteiger partial charge in [0.05, 0.1) is 0 Å². The van der Waals surface area contributed by atoms with Gasteiger partial charge in [0.1, 0.15) is 0 Å². The molecule has 3 aromatic rings. The number of rotatable bonds is 7. The molecule has 0 radical (unpaired) electrons. The number of nitrogens with one attached hydrogen (secondary N) is 2. The van der Waals surface area contributed by atoms with Gasteiger partial charge in [-0.1, -0.05) is 43.7 Å². The lowest BCUT2D eigenvalue weighted by molar-refractivity contribution is -0.121. The second-order valence-electron chi connectivity index (χ2n) is 6.83. The Hall–Kier alpha value is -2.95. The van der Waals surface area contributed by atoms with Crippen molar-refractivity contribution in [2.24, 2.45) is 0 Å². The van der Waals surface area contributed by atoms with Crippen molar-refractivity contribution in [1.29, 1.82) is 0 Å². The number of hydrogen-bond acceptors (Lipinski definition) is 3. The van der Waals surface area contributed by atoms with Crippen LogP contribution in [0.3, 0.4) is 0 Å². The van der Waals surface area contributed by atoms with Crippen LogP contribution < -0.4 is 14.8 Å². The van der Waals surface area contributed by atoms with Crippen LogP contribution in [0.4, 0.5) is 0 Å². The number of fused-ring (bicyclic) bond motifs is 2. The summed E-state index contributed by atoms with van der Waals surface area (Å²) in [4.78, 5) is 16.0. The molecule has 0 fully saturated rings. The molecule has 0 saturated carbocycles. The van der Waals surface area contributed by atoms with Gasteiger partial charge in [0, 0.05) is 41.5 Å². The second-order valence-corrected chi connectivity index (χ2v) is 6.83. The molecule has 5 heteroatoms. The Morgan fingerprint density at radius 1 is 1.15 bits per heavy atom. The molecule has 27 heavy (non-hydrogen) atoms. The number of hydrogen-bond donors (Lipinski definition) is 2. The van der Waals surface area contributed by atoms with E-state index in [0.717, 1.165) is 46.4 Å². The van der Waals surface area contributed by atoms with E-state index < -0.39 is 0 Å². The van der Waals surface area contributed by atoms with Gasteiger partial charge in [-0.2, -0.15) is 0 Å². The minimum absolute atomic E-state index is 0.0512. The van der Waals surface area contributed by atoms with Gasteiger partial charge >= 0.3 is 0 Å². The molecule has 1 amide bonds. The molecule has 1 aliphatic heterocycles. The zero-order valence-electron chi connectivity index (χ0n) is 15.5. The number of amides is 1. The van der Waals surface area contributed by atoms with Crippen LogP contribution in [0.15, 0.2) is 48.7 Å². The molecule has 0 aliphatic carbocycles. The average molecular weight is 364 g/mol. The number of para-hydroxylation sites is 2. The highest BCUT2D eigenvalue weighted by Crippen LogP contribution is 2.43. The van der Waals surface area contributed by atoms with E-state index in [-0.39, 0.29) is 18.6 Å². The number of H-pyrrole nitrogens is 1. The predicted molar refractivity (Wildman–Crippen MR) is 105 cm³/mol. The fourth-order valence-electron chi connectivity index (χ4n) is 3.66. The maximum absolute atomic E-state index is 12.6. The number of benzene rings is 2. The summed E-state index contributed by atoms with van der Waals surface area (Å²) in [6.45, 7) is 3.05. The highest BCUT2D eigenvalue weighted by molar-refractivity contribution is 5.86. The molecule has 2 aromatic carbocycles. The van der Waals surface area contributed by atoms with Crippen molar-refractivity contribution in [3.05, 3.63) is 59.8 Å². The summed E-state index contributed by atoms with van der Waals surface area (Å²) in [6.07, 6.45) is 4.42. The minimum atomic E-state index is -0.112. The number of aromatic amines is 1. The minimum Gasteiger partial charge on any atom is -0.454 e. The standard InChI is InChI=1S/C22H24N2O3/c1-2-3-11-23-21(25)12-17(16-8-6-10-20-22(16)27-14-26-20)18-13-24-19-9-5-4-7-15(18)19/h4-10,13,17,24H,2-3,11-12,14H2,1H3,(H,23,25)/t17-/m1/s1. The molecule has 1 aromatic heterocycles. The number of unbranched alkanes of at least 4 members (excludes halogenated alkanes) is 1. The van der Waals surface area contributed by atoms with Gasteiger partial charge in [-0.3, -0.25) is 4.79 Å². The molecule has 0 spiro atoms. The van der Waals surface area contributed by atoms with Crippen molar-refractivity contribution >= 4 is 16.8 Å². The fourth-order valence-corrected chi connectivity index (χ4v) is 3.66. The summed E-state index contributed by atoms with van der Waals surface area (Å²) in [5.74, 6) is 1.42. The highest BCUT2D eigenvalue weighted by Gasteiger charge is 2.28. The molecule has 140 valence electrons. The summed E-state index contributed by atoms with van der Waals surface area (Å²) >= 11 is 0. The first-order valence-electron chi connectivity index (χ1n) is 9.49. The second kappa shape index (κ2) is 7.74. The number of carbonyl (C=O) groups excluding carboxylic acids is 1. The lowest BCUT2D eigenvalue weighted by Gasteiger charge is -2.19. The monoisotopic (exact) mass is 364 g/mol. The number of aromatic nitrogens is 1. The van der Waals surface area contributed by atoms with Crippen LogP contribution in [0.5, 0.6) is 11.5 Å². The Bertz CT molecular complexity index is 948. The maximum atomic E-state index is 12.6. The molecule has 2 heterocycles. The fraction of sp³-hybridized carbons (Fsp3) is 0.318. The van der Waals surface area contributed by atoms with Gasteiger partial charge in [-0.15, -0.1) is 0 Å². The Morgan fingerprint density at radius 3 is 2.93 bits per heavy atom. The van der Waals surface area contributed by atoms with Gasteiger partial charge in [0.2, 0.25) is 12.7 Å². The molecule has 1 atom stereocenters. The third kappa shape index (κ3) is 3.50. The van der Waals surface area contributed by atoms with Crippen LogP contribution in [0.2, 0.25) is 0 Å². The van der Waals surface area contributed by atoms with Crippen LogP contribution in [0.1, 0.15) is 43.2 Å². The van der Waals surface area contributed by atoms with Crippen molar-refractivity contribution in [3.63, 3.8) is 0 Å². The van der Waals surface area contributed by atoms with Crippen molar-refractivity contribution in [2.75, 3.05) is 13.3 Å². The molecule has 0 unspecified atom stereocenters. The molecule has 5 nitrogen and oxygen atoms in total. The lowest BCUT2D eigenvalue weighted by atomic mass is 9.87. The summed E-state index contributed by atoms with van der Waals surface area (Å²) in [6, 6.07) is 14.0. The van der Waals surface area contributed by atoms with Crippen molar-refractivity contribution in [3.8, 4) is 11.5 Å². The quantitative estimate of drug-likeness (QED) is 0.613. The SMILES string of the molecule is CCCCNC(=O)C[C@H](c1cccc2c1OCO2)c1c[nH]c2ccccc12. The predicted octanol–water partition coefficient (Wildman–Crippen LogP) is 4.33. The first-order chi connectivity index (χ1) is 13.3. The first kappa shape index (κ1) is 17.5. The van der Waals surface area contributed by atoms with Crippen LogP contribution in [0.25, 0.3) is 10.9 Å². The van der Waals surface area contributed by atoms with E-state index in [1.54, 1.807) is 0 Å². The van der Waals surface area contributed by atoms with Gasteiger partial charge in [-0.25, -0.2) is 0 Å². The van der Waals surface area contributed by atoms with Crippen molar-refractivity contribution < 1.29 is 14.3 Å². The zero-order chi connectivity index (χ0) is 18.6. The van der Waals surface area contributed by atoms with Crippen molar-refractivity contribution in [1.82, 2.24) is 10.3 Å². The lowest BCUT2D eigenvalue weighted by Crippen LogP contribution is -2.26. The Balaban J connectivity index is 1.72. The van der Waals surface area contributed by atoms with E-state index in [1.807, 2.05) is 42.6 Å². The smallest absolute Gasteiger partial charge is 0.231 e. The molecular formula is C22H24N2O3. The number of carbonyl (C=O) groups is 1. The third-order valence-corrected chi connectivity index (χ3v) is 5.04. The molecule has 2 N–H and O–H groups in total. The molecule has 1 aliphatic rings. The molecule has 0 bridgehead atoms. The normalized spacial score (nSPS) is 13.7. The van der Waals surface area contributed by atoms with Gasteiger partial charge in [0.25, 0.3) is 0 Å². The van der Waals surface area contributed by atoms with Crippen LogP contribution in [-0.4, -0.2) is 24.2 Å². The highest BCUT2D eigenvalue weighted by atomic mass is 16.7. The van der Waals surface area contributed by atoms with E-state index in [2.05, 4.69) is 23.3 Å². The maximum Gasteiger partial charge on any atom is 0.231 e. The molecule has 0 saturated heterocycles. The van der Waals surface area contributed by atoms with Crippen LogP contribution >= 0.6 is 0 Å². The summed E-state index contributed by atoms with van der Waals surface area (Å²) in [5.41, 5.74) is 3.15. The number of ether oxygens (including phenoxy) is 2. The Labute approximate surface area is 158 Å². The zero-order valence-corrected chi connectivity index (χ0v) is 15.5. The van der Waals surface area contributed by atoms with E-state index in [9.17, 15) is 4.79 Å². The van der Waals surface area contributed by atoms with E-state index >= 15 is 0 Å². The van der Waals surface area contributed by atoms with E-state index in [1.165, 1.54) is 0 Å². The first-order valence-corrected chi connectivity index (χ1v) is 9.49. The van der Waals surface area contributed by atoms with Crippen LogP contribution in [-0.2, 0) is 4.79 Å². The molecule has 4 rings (SSSR count). The van der Waals surface area contributed by atoms with E-state index in [0.29, 0.717) is 13.0 Å². The van der Waals surface area contributed by atoms with Crippen LogP contribution in [0, 0.1) is 0 Å². The topological polar surface area (TPSA) is 63.4 Å². The summed E-state index contributed by atoms with van der Waals surface area (Å²) in [7, 11) is 0. The van der Waals surface area contributed by atoms with Gasteiger partial charge in [0.15, 0.2) is 11.5 Å². The Morgan fingerprint density at radius 2 is 2.04 bits per heavy atom. The van der Waals surface area contributed by atoms with Gasteiger partial charge in [-0.05, 0) is 24.1 Å². The summed E-state index contributed by atoms with van der Waals surface area (Å²) in [5, 5.41) is 4.17.